The van der Waals surface area contributed by atoms with Crippen LogP contribution in [0.5, 0.6) is 0 Å². The van der Waals surface area contributed by atoms with Crippen LogP contribution in [0.3, 0.4) is 0 Å². The van der Waals surface area contributed by atoms with E-state index in [9.17, 15) is 8.78 Å². The summed E-state index contributed by atoms with van der Waals surface area (Å²) in [5, 5.41) is 0.507. The molecule has 0 saturated carbocycles. The second-order valence-corrected chi connectivity index (χ2v) is 3.16. The van der Waals surface area contributed by atoms with Crippen LogP contribution < -0.4 is 0 Å². The van der Waals surface area contributed by atoms with Crippen LogP contribution in [0.4, 0.5) is 8.78 Å². The van der Waals surface area contributed by atoms with Crippen LogP contribution in [0.1, 0.15) is 17.6 Å². The first-order valence-corrected chi connectivity index (χ1v) is 4.02. The van der Waals surface area contributed by atoms with Crippen molar-refractivity contribution in [1.29, 1.82) is 0 Å². The fourth-order valence-electron chi connectivity index (χ4n) is 0.903. The molecule has 0 bridgehead atoms. The molecular weight excluding hydrogens is 205 g/mol. The number of rotatable bonds is 1. The molecule has 0 N–H and O–H groups in total. The van der Waals surface area contributed by atoms with Crippen LogP contribution in [0.2, 0.25) is 10.0 Å². The van der Waals surface area contributed by atoms with Gasteiger partial charge in [-0.3, -0.25) is 0 Å². The van der Waals surface area contributed by atoms with Crippen molar-refractivity contribution in [2.45, 2.75) is 13.3 Å². The third-order valence-corrected chi connectivity index (χ3v) is 2.52. The van der Waals surface area contributed by atoms with Gasteiger partial charge < -0.3 is 0 Å². The smallest absolute Gasteiger partial charge is 0.205 e. The zero-order chi connectivity index (χ0) is 9.30. The van der Waals surface area contributed by atoms with E-state index < -0.39 is 6.43 Å². The molecule has 12 heavy (non-hydrogen) atoms. The molecule has 0 saturated heterocycles. The van der Waals surface area contributed by atoms with Crippen molar-refractivity contribution in [1.82, 2.24) is 0 Å². The van der Waals surface area contributed by atoms with Crippen molar-refractivity contribution < 1.29 is 8.78 Å². The van der Waals surface area contributed by atoms with Crippen molar-refractivity contribution in [2.24, 2.45) is 0 Å². The molecule has 0 fully saturated rings. The minimum Gasteiger partial charge on any atom is -0.205 e. The predicted molar refractivity (Wildman–Crippen MR) is 46.2 cm³/mol. The lowest BCUT2D eigenvalue weighted by atomic mass is 10.1. The van der Waals surface area contributed by atoms with E-state index in [0.717, 1.165) is 0 Å². The van der Waals surface area contributed by atoms with Crippen LogP contribution >= 0.6 is 23.2 Å². The van der Waals surface area contributed by atoms with E-state index in [-0.39, 0.29) is 10.6 Å². The molecule has 0 aliphatic rings. The predicted octanol–water partition coefficient (Wildman–Crippen LogP) is 4.24. The molecular formula is C8H6Cl2F2. The molecule has 1 rings (SSSR count). The molecule has 4 heteroatoms. The lowest BCUT2D eigenvalue weighted by Crippen LogP contribution is -1.90. The van der Waals surface area contributed by atoms with Gasteiger partial charge >= 0.3 is 0 Å². The third kappa shape index (κ3) is 1.70. The Labute approximate surface area is 79.1 Å². The summed E-state index contributed by atoms with van der Waals surface area (Å²) in [6.45, 7) is 1.52. The summed E-state index contributed by atoms with van der Waals surface area (Å²) in [4.78, 5) is 0. The maximum atomic E-state index is 12.2. The number of hydrogen-bond donors (Lipinski definition) is 0. The Morgan fingerprint density at radius 2 is 1.83 bits per heavy atom. The molecule has 0 radical (unpaired) electrons. The largest absolute Gasteiger partial charge is 0.264 e. The summed E-state index contributed by atoms with van der Waals surface area (Å²) in [7, 11) is 0. The maximum absolute atomic E-state index is 12.2. The molecule has 0 unspecified atom stereocenters. The Morgan fingerprint density at radius 3 is 2.33 bits per heavy atom. The van der Waals surface area contributed by atoms with Gasteiger partial charge in [0.2, 0.25) is 0 Å². The van der Waals surface area contributed by atoms with Crippen molar-refractivity contribution >= 4 is 23.2 Å². The number of halogens is 4. The lowest BCUT2D eigenvalue weighted by molar-refractivity contribution is 0.150. The van der Waals surface area contributed by atoms with Gasteiger partial charge in [0.1, 0.15) is 0 Å². The number of benzene rings is 1. The van der Waals surface area contributed by atoms with Gasteiger partial charge in [-0.15, -0.1) is 0 Å². The van der Waals surface area contributed by atoms with Crippen molar-refractivity contribution in [3.8, 4) is 0 Å². The zero-order valence-corrected chi connectivity index (χ0v) is 7.76. The second kappa shape index (κ2) is 3.58. The first-order chi connectivity index (χ1) is 5.54. The van der Waals surface area contributed by atoms with Crippen LogP contribution in [-0.2, 0) is 0 Å². The fraction of sp³-hybridized carbons (Fsp3) is 0.250. The van der Waals surface area contributed by atoms with Crippen LogP contribution in [0.25, 0.3) is 0 Å². The van der Waals surface area contributed by atoms with Crippen molar-refractivity contribution in [2.75, 3.05) is 0 Å². The topological polar surface area (TPSA) is 0 Å². The first kappa shape index (κ1) is 9.75. The van der Waals surface area contributed by atoms with E-state index in [0.29, 0.717) is 10.6 Å². The summed E-state index contributed by atoms with van der Waals surface area (Å²) in [6, 6.07) is 2.66. The Hall–Kier alpha value is -0.340. The molecule has 66 valence electrons. The van der Waals surface area contributed by atoms with Gasteiger partial charge in [-0.25, -0.2) is 8.78 Å². The van der Waals surface area contributed by atoms with Gasteiger partial charge in [-0.1, -0.05) is 29.3 Å². The molecule has 0 spiro atoms. The van der Waals surface area contributed by atoms with Crippen LogP contribution in [0, 0.1) is 6.92 Å². The summed E-state index contributed by atoms with van der Waals surface area (Å²) >= 11 is 11.3. The average molecular weight is 211 g/mol. The maximum Gasteiger partial charge on any atom is 0.264 e. The van der Waals surface area contributed by atoms with Crippen molar-refractivity contribution in [3.05, 3.63) is 33.3 Å². The van der Waals surface area contributed by atoms with E-state index in [1.807, 2.05) is 0 Å². The SMILES string of the molecule is Cc1c(C(F)F)ccc(Cl)c1Cl. The van der Waals surface area contributed by atoms with Gasteiger partial charge in [0, 0.05) is 5.56 Å². The first-order valence-electron chi connectivity index (χ1n) is 3.26. The molecule has 0 aliphatic carbocycles. The fourth-order valence-corrected chi connectivity index (χ4v) is 1.28. The van der Waals surface area contributed by atoms with E-state index in [1.54, 1.807) is 0 Å². The second-order valence-electron chi connectivity index (χ2n) is 2.38. The molecule has 0 atom stereocenters. The lowest BCUT2D eigenvalue weighted by Gasteiger charge is -2.06. The number of alkyl halides is 2. The van der Waals surface area contributed by atoms with Crippen LogP contribution in [-0.4, -0.2) is 0 Å². The van der Waals surface area contributed by atoms with Gasteiger partial charge in [0.15, 0.2) is 0 Å². The highest BCUT2D eigenvalue weighted by Gasteiger charge is 2.13. The van der Waals surface area contributed by atoms with E-state index >= 15 is 0 Å². The highest BCUT2D eigenvalue weighted by Crippen LogP contribution is 2.32. The third-order valence-electron chi connectivity index (χ3n) is 1.62. The van der Waals surface area contributed by atoms with E-state index in [4.69, 9.17) is 23.2 Å². The summed E-state index contributed by atoms with van der Waals surface area (Å²) in [5.74, 6) is 0. The monoisotopic (exact) mass is 210 g/mol. The summed E-state index contributed by atoms with van der Waals surface area (Å²) in [6.07, 6.45) is -2.50. The summed E-state index contributed by atoms with van der Waals surface area (Å²) in [5.41, 5.74) is 0.281. The van der Waals surface area contributed by atoms with E-state index in [1.165, 1.54) is 19.1 Å². The highest BCUT2D eigenvalue weighted by molar-refractivity contribution is 6.42. The van der Waals surface area contributed by atoms with Gasteiger partial charge in [0.05, 0.1) is 10.0 Å². The standard InChI is InChI=1S/C8H6Cl2F2/c1-4-5(8(11)12)2-3-6(9)7(4)10/h2-3,8H,1H3. The Morgan fingerprint density at radius 1 is 1.25 bits per heavy atom. The van der Waals surface area contributed by atoms with Crippen molar-refractivity contribution in [3.63, 3.8) is 0 Å². The highest BCUT2D eigenvalue weighted by atomic mass is 35.5. The minimum atomic E-state index is -2.50. The van der Waals surface area contributed by atoms with Gasteiger partial charge in [-0.2, -0.15) is 0 Å². The summed E-state index contributed by atoms with van der Waals surface area (Å²) < 4.78 is 24.5. The Balaban J connectivity index is 3.27. The Bertz CT molecular complexity index is 297. The molecule has 0 aliphatic heterocycles. The Kier molecular flexibility index (Phi) is 2.91. The average Bonchev–Trinajstić information content (AvgIpc) is 2.00. The van der Waals surface area contributed by atoms with E-state index in [2.05, 4.69) is 0 Å². The zero-order valence-electron chi connectivity index (χ0n) is 6.24. The normalized spacial score (nSPS) is 10.8. The molecule has 0 aromatic heterocycles. The minimum absolute atomic E-state index is 0.0654. The molecule has 1 aromatic rings. The van der Waals surface area contributed by atoms with Gasteiger partial charge in [0.25, 0.3) is 6.43 Å². The quantitative estimate of drug-likeness (QED) is 0.651. The number of hydrogen-bond acceptors (Lipinski definition) is 0. The van der Waals surface area contributed by atoms with Crippen LogP contribution in [0.15, 0.2) is 12.1 Å². The molecule has 0 heterocycles. The molecule has 0 amide bonds. The van der Waals surface area contributed by atoms with Gasteiger partial charge in [-0.05, 0) is 18.6 Å². The molecule has 0 nitrogen and oxygen atoms in total. The molecule has 1 aromatic carbocycles.